The highest BCUT2D eigenvalue weighted by Crippen LogP contribution is 2.35. The van der Waals surface area contributed by atoms with Gasteiger partial charge in [-0.1, -0.05) is 24.3 Å². The molecule has 1 aliphatic heterocycles. The van der Waals surface area contributed by atoms with E-state index in [0.29, 0.717) is 12.2 Å². The standard InChI is InChI=1S/C16H17NO2/c1-3-19-16(18)14-11(2)10-17-9-8-12-6-4-5-7-13(12)15(14)17/h4-7,10H,3,8-9H2,1-2H3. The van der Waals surface area contributed by atoms with E-state index < -0.39 is 0 Å². The molecule has 0 unspecified atom stereocenters. The van der Waals surface area contributed by atoms with Crippen LogP contribution in [0.25, 0.3) is 11.3 Å². The van der Waals surface area contributed by atoms with Gasteiger partial charge in [0.15, 0.2) is 0 Å². The number of fused-ring (bicyclic) bond motifs is 3. The van der Waals surface area contributed by atoms with E-state index >= 15 is 0 Å². The molecule has 0 fully saturated rings. The van der Waals surface area contributed by atoms with Gasteiger partial charge in [-0.2, -0.15) is 0 Å². The predicted molar refractivity (Wildman–Crippen MR) is 74.3 cm³/mol. The average Bonchev–Trinajstić information content (AvgIpc) is 2.75. The third kappa shape index (κ3) is 1.86. The van der Waals surface area contributed by atoms with Crippen molar-refractivity contribution in [1.29, 1.82) is 0 Å². The van der Waals surface area contributed by atoms with Crippen molar-refractivity contribution in [1.82, 2.24) is 4.57 Å². The molecule has 2 heterocycles. The van der Waals surface area contributed by atoms with Crippen LogP contribution in [0.3, 0.4) is 0 Å². The van der Waals surface area contributed by atoms with Gasteiger partial charge in [-0.05, 0) is 31.4 Å². The molecule has 0 N–H and O–H groups in total. The Kier molecular flexibility index (Phi) is 2.90. The second-order valence-electron chi connectivity index (χ2n) is 4.86. The Labute approximate surface area is 112 Å². The van der Waals surface area contributed by atoms with Gasteiger partial charge in [0.2, 0.25) is 0 Å². The van der Waals surface area contributed by atoms with Crippen LogP contribution in [0.2, 0.25) is 0 Å². The molecule has 0 aliphatic carbocycles. The number of nitrogens with zero attached hydrogens (tertiary/aromatic N) is 1. The van der Waals surface area contributed by atoms with Gasteiger partial charge in [0.1, 0.15) is 0 Å². The van der Waals surface area contributed by atoms with Crippen LogP contribution in [0, 0.1) is 6.92 Å². The molecule has 2 aromatic rings. The van der Waals surface area contributed by atoms with Crippen LogP contribution in [0.4, 0.5) is 0 Å². The summed E-state index contributed by atoms with van der Waals surface area (Å²) >= 11 is 0. The summed E-state index contributed by atoms with van der Waals surface area (Å²) in [6.45, 7) is 5.14. The van der Waals surface area contributed by atoms with Gasteiger partial charge >= 0.3 is 5.97 Å². The first-order valence-electron chi connectivity index (χ1n) is 6.67. The predicted octanol–water partition coefficient (Wildman–Crippen LogP) is 3.20. The van der Waals surface area contributed by atoms with Crippen molar-refractivity contribution in [3.05, 3.63) is 47.2 Å². The molecule has 19 heavy (non-hydrogen) atoms. The highest BCUT2D eigenvalue weighted by atomic mass is 16.5. The number of benzene rings is 1. The Morgan fingerprint density at radius 2 is 2.16 bits per heavy atom. The minimum Gasteiger partial charge on any atom is -0.462 e. The van der Waals surface area contributed by atoms with Crippen LogP contribution < -0.4 is 0 Å². The normalized spacial score (nSPS) is 12.7. The minimum atomic E-state index is -0.217. The molecule has 3 heteroatoms. The number of carbonyl (C=O) groups excluding carboxylic acids is 1. The van der Waals surface area contributed by atoms with Crippen LogP contribution in [0.15, 0.2) is 30.5 Å². The third-order valence-corrected chi connectivity index (χ3v) is 3.64. The summed E-state index contributed by atoms with van der Waals surface area (Å²) in [4.78, 5) is 12.2. The van der Waals surface area contributed by atoms with E-state index in [0.717, 1.165) is 29.8 Å². The lowest BCUT2D eigenvalue weighted by Crippen LogP contribution is -2.13. The van der Waals surface area contributed by atoms with Crippen molar-refractivity contribution in [3.8, 4) is 11.3 Å². The lowest BCUT2D eigenvalue weighted by molar-refractivity contribution is 0.0526. The van der Waals surface area contributed by atoms with Crippen LogP contribution >= 0.6 is 0 Å². The second kappa shape index (κ2) is 4.57. The molecule has 3 rings (SSSR count). The Morgan fingerprint density at radius 3 is 2.95 bits per heavy atom. The summed E-state index contributed by atoms with van der Waals surface area (Å²) in [7, 11) is 0. The molecule has 0 spiro atoms. The maximum atomic E-state index is 12.2. The van der Waals surface area contributed by atoms with Crippen LogP contribution in [-0.2, 0) is 17.7 Å². The fourth-order valence-corrected chi connectivity index (χ4v) is 2.83. The number of aryl methyl sites for hydroxylation is 3. The molecule has 0 saturated heterocycles. The van der Waals surface area contributed by atoms with Crippen molar-refractivity contribution in [2.75, 3.05) is 6.61 Å². The summed E-state index contributed by atoms with van der Waals surface area (Å²) < 4.78 is 7.37. The van der Waals surface area contributed by atoms with E-state index in [1.807, 2.05) is 26.0 Å². The first-order valence-corrected chi connectivity index (χ1v) is 6.67. The molecule has 0 atom stereocenters. The largest absolute Gasteiger partial charge is 0.462 e. The fraction of sp³-hybridized carbons (Fsp3) is 0.312. The number of carbonyl (C=O) groups is 1. The molecule has 1 aromatic carbocycles. The zero-order valence-electron chi connectivity index (χ0n) is 11.3. The highest BCUT2D eigenvalue weighted by Gasteiger charge is 2.25. The van der Waals surface area contributed by atoms with Crippen molar-refractivity contribution in [2.24, 2.45) is 0 Å². The summed E-state index contributed by atoms with van der Waals surface area (Å²) in [5.41, 5.74) is 5.18. The summed E-state index contributed by atoms with van der Waals surface area (Å²) in [5.74, 6) is -0.217. The Bertz CT molecular complexity index is 640. The lowest BCUT2D eigenvalue weighted by atomic mass is 9.96. The number of aromatic nitrogens is 1. The topological polar surface area (TPSA) is 31.2 Å². The van der Waals surface area contributed by atoms with Crippen LogP contribution in [-0.4, -0.2) is 17.1 Å². The van der Waals surface area contributed by atoms with E-state index in [1.165, 1.54) is 5.56 Å². The second-order valence-corrected chi connectivity index (χ2v) is 4.86. The molecular formula is C16H17NO2. The van der Waals surface area contributed by atoms with Crippen molar-refractivity contribution in [3.63, 3.8) is 0 Å². The molecule has 0 bridgehead atoms. The van der Waals surface area contributed by atoms with Crippen LogP contribution in [0.1, 0.15) is 28.4 Å². The van der Waals surface area contributed by atoms with Gasteiger partial charge in [-0.3, -0.25) is 0 Å². The van der Waals surface area contributed by atoms with E-state index in [2.05, 4.69) is 22.9 Å². The van der Waals surface area contributed by atoms with E-state index in [1.54, 1.807) is 0 Å². The number of hydrogen-bond acceptors (Lipinski definition) is 2. The number of esters is 1. The highest BCUT2D eigenvalue weighted by molar-refractivity contribution is 5.99. The number of rotatable bonds is 2. The SMILES string of the molecule is CCOC(=O)c1c(C)cn2c1-c1ccccc1CC2. The Balaban J connectivity index is 2.20. The van der Waals surface area contributed by atoms with Gasteiger partial charge < -0.3 is 9.30 Å². The smallest absolute Gasteiger partial charge is 0.340 e. The Morgan fingerprint density at radius 1 is 1.37 bits per heavy atom. The maximum absolute atomic E-state index is 12.2. The molecule has 98 valence electrons. The molecule has 0 amide bonds. The van der Waals surface area contributed by atoms with E-state index in [9.17, 15) is 4.79 Å². The first kappa shape index (κ1) is 12.0. The third-order valence-electron chi connectivity index (χ3n) is 3.64. The maximum Gasteiger partial charge on any atom is 0.340 e. The lowest BCUT2D eigenvalue weighted by Gasteiger charge is -2.20. The average molecular weight is 255 g/mol. The first-order chi connectivity index (χ1) is 9.22. The van der Waals surface area contributed by atoms with Crippen molar-refractivity contribution < 1.29 is 9.53 Å². The van der Waals surface area contributed by atoms with Gasteiger partial charge in [0.25, 0.3) is 0 Å². The molecule has 1 aliphatic rings. The Hall–Kier alpha value is -2.03. The van der Waals surface area contributed by atoms with Crippen molar-refractivity contribution in [2.45, 2.75) is 26.8 Å². The van der Waals surface area contributed by atoms with Gasteiger partial charge in [-0.25, -0.2) is 4.79 Å². The fourth-order valence-electron chi connectivity index (χ4n) is 2.83. The summed E-state index contributed by atoms with van der Waals surface area (Å²) in [6, 6.07) is 8.29. The zero-order valence-corrected chi connectivity index (χ0v) is 11.3. The number of ether oxygens (including phenoxy) is 1. The molecule has 0 radical (unpaired) electrons. The monoisotopic (exact) mass is 255 g/mol. The van der Waals surface area contributed by atoms with Gasteiger partial charge in [-0.15, -0.1) is 0 Å². The van der Waals surface area contributed by atoms with E-state index in [4.69, 9.17) is 4.74 Å². The van der Waals surface area contributed by atoms with E-state index in [-0.39, 0.29) is 5.97 Å². The van der Waals surface area contributed by atoms with Gasteiger partial charge in [0, 0.05) is 18.3 Å². The molecule has 1 aromatic heterocycles. The van der Waals surface area contributed by atoms with Crippen LogP contribution in [0.5, 0.6) is 0 Å². The minimum absolute atomic E-state index is 0.217. The molecule has 0 saturated carbocycles. The quantitative estimate of drug-likeness (QED) is 0.772. The number of hydrogen-bond donors (Lipinski definition) is 0. The zero-order chi connectivity index (χ0) is 13.4. The summed E-state index contributed by atoms with van der Waals surface area (Å²) in [6.07, 6.45) is 3.07. The van der Waals surface area contributed by atoms with Crippen molar-refractivity contribution >= 4 is 5.97 Å². The molecule has 3 nitrogen and oxygen atoms in total. The van der Waals surface area contributed by atoms with Gasteiger partial charge in [0.05, 0.1) is 17.9 Å². The summed E-state index contributed by atoms with van der Waals surface area (Å²) in [5, 5.41) is 0. The molecular weight excluding hydrogens is 238 g/mol.